The third-order valence-electron chi connectivity index (χ3n) is 2.69. The second kappa shape index (κ2) is 6.62. The summed E-state index contributed by atoms with van der Waals surface area (Å²) in [6, 6.07) is 13.0. The lowest BCUT2D eigenvalue weighted by atomic mass is 10.1. The highest BCUT2D eigenvalue weighted by Gasteiger charge is 2.13. The second-order valence-corrected chi connectivity index (χ2v) is 6.95. The van der Waals surface area contributed by atoms with Gasteiger partial charge in [-0.25, -0.2) is 0 Å². The fourth-order valence-corrected chi connectivity index (χ4v) is 3.74. The van der Waals surface area contributed by atoms with Gasteiger partial charge in [0.25, 0.3) is 0 Å². The van der Waals surface area contributed by atoms with E-state index in [-0.39, 0.29) is 6.04 Å². The van der Waals surface area contributed by atoms with Crippen molar-refractivity contribution in [2.45, 2.75) is 17.9 Å². The highest BCUT2D eigenvalue weighted by atomic mass is 35.5. The first-order chi connectivity index (χ1) is 8.74. The first-order valence-electron chi connectivity index (χ1n) is 5.90. The summed E-state index contributed by atoms with van der Waals surface area (Å²) < 4.78 is 0.836. The van der Waals surface area contributed by atoms with Gasteiger partial charge in [-0.1, -0.05) is 30.7 Å². The highest BCUT2D eigenvalue weighted by molar-refractivity contribution is 7.99. The molecule has 0 saturated heterocycles. The highest BCUT2D eigenvalue weighted by Crippen LogP contribution is 2.31. The number of hydrogen-bond acceptors (Lipinski definition) is 3. The molecule has 0 spiro atoms. The van der Waals surface area contributed by atoms with E-state index >= 15 is 0 Å². The molecule has 0 bridgehead atoms. The number of halogens is 1. The van der Waals surface area contributed by atoms with Gasteiger partial charge in [0.15, 0.2) is 0 Å². The Kier molecular flexibility index (Phi) is 5.13. The summed E-state index contributed by atoms with van der Waals surface area (Å²) in [5.41, 5.74) is 1.27. The summed E-state index contributed by atoms with van der Waals surface area (Å²) in [7, 11) is 1.98. The number of benzene rings is 1. The Bertz CT molecular complexity index is 493. The first-order valence-corrected chi connectivity index (χ1v) is 8.08. The van der Waals surface area contributed by atoms with Gasteiger partial charge in [0.05, 0.1) is 10.4 Å². The quantitative estimate of drug-likeness (QED) is 0.794. The summed E-state index contributed by atoms with van der Waals surface area (Å²) in [5, 5.41) is 3.34. The van der Waals surface area contributed by atoms with Gasteiger partial charge in [0.2, 0.25) is 0 Å². The van der Waals surface area contributed by atoms with Gasteiger partial charge in [-0.15, -0.1) is 23.1 Å². The molecular weight excluding hydrogens is 282 g/mol. The molecule has 0 aliphatic rings. The molecule has 0 aliphatic carbocycles. The van der Waals surface area contributed by atoms with Crippen LogP contribution in [0.5, 0.6) is 0 Å². The zero-order valence-electron chi connectivity index (χ0n) is 10.4. The molecule has 1 aromatic heterocycles. The van der Waals surface area contributed by atoms with Crippen molar-refractivity contribution in [3.8, 4) is 0 Å². The molecule has 2 rings (SSSR count). The van der Waals surface area contributed by atoms with Gasteiger partial charge in [-0.3, -0.25) is 0 Å². The van der Waals surface area contributed by atoms with Crippen molar-refractivity contribution in [1.82, 2.24) is 5.32 Å². The zero-order valence-corrected chi connectivity index (χ0v) is 12.8. The van der Waals surface area contributed by atoms with Crippen LogP contribution in [0.2, 0.25) is 4.34 Å². The lowest BCUT2D eigenvalue weighted by molar-refractivity contribution is 0.703. The largest absolute Gasteiger partial charge is 0.309 e. The van der Waals surface area contributed by atoms with Gasteiger partial charge < -0.3 is 5.32 Å². The molecule has 0 amide bonds. The molecule has 1 nitrogen and oxygen atoms in total. The third-order valence-corrected chi connectivity index (χ3v) is 4.88. The lowest BCUT2D eigenvalue weighted by Crippen LogP contribution is -2.16. The van der Waals surface area contributed by atoms with Crippen LogP contribution in [-0.2, 0) is 0 Å². The molecule has 1 atom stereocenters. The minimum absolute atomic E-state index is 0.225. The van der Waals surface area contributed by atoms with Gasteiger partial charge in [-0.05, 0) is 42.6 Å². The standard InChI is InChI=1S/C14H16ClNS2/c1-3-17-11-6-4-10(5-7-11)14(16-2)12-8-9-13(15)18-12/h4-9,14,16H,3H2,1-2H3. The molecule has 1 heterocycles. The molecular formula is C14H16ClNS2. The van der Waals surface area contributed by atoms with Crippen molar-refractivity contribution in [2.24, 2.45) is 0 Å². The van der Waals surface area contributed by atoms with Gasteiger partial charge >= 0.3 is 0 Å². The van der Waals surface area contributed by atoms with Crippen molar-refractivity contribution in [3.05, 3.63) is 51.2 Å². The number of nitrogens with one attached hydrogen (secondary N) is 1. The molecule has 96 valence electrons. The van der Waals surface area contributed by atoms with Crippen LogP contribution in [-0.4, -0.2) is 12.8 Å². The van der Waals surface area contributed by atoms with E-state index in [1.54, 1.807) is 11.3 Å². The normalized spacial score (nSPS) is 12.6. The minimum Gasteiger partial charge on any atom is -0.309 e. The lowest BCUT2D eigenvalue weighted by Gasteiger charge is -2.15. The van der Waals surface area contributed by atoms with Crippen molar-refractivity contribution in [3.63, 3.8) is 0 Å². The zero-order chi connectivity index (χ0) is 13.0. The van der Waals surface area contributed by atoms with E-state index in [2.05, 4.69) is 42.6 Å². The summed E-state index contributed by atoms with van der Waals surface area (Å²) in [4.78, 5) is 2.57. The fourth-order valence-electron chi connectivity index (χ4n) is 1.88. The monoisotopic (exact) mass is 297 g/mol. The maximum Gasteiger partial charge on any atom is 0.0931 e. The molecule has 1 aromatic carbocycles. The van der Waals surface area contributed by atoms with Crippen LogP contribution < -0.4 is 5.32 Å². The van der Waals surface area contributed by atoms with E-state index < -0.39 is 0 Å². The second-order valence-electron chi connectivity index (χ2n) is 3.87. The van der Waals surface area contributed by atoms with Crippen LogP contribution >= 0.6 is 34.7 Å². The topological polar surface area (TPSA) is 12.0 Å². The van der Waals surface area contributed by atoms with E-state index in [4.69, 9.17) is 11.6 Å². The van der Waals surface area contributed by atoms with Crippen molar-refractivity contribution >= 4 is 34.7 Å². The van der Waals surface area contributed by atoms with Crippen molar-refractivity contribution in [2.75, 3.05) is 12.8 Å². The molecule has 18 heavy (non-hydrogen) atoms. The van der Waals surface area contributed by atoms with Crippen molar-refractivity contribution in [1.29, 1.82) is 0 Å². The molecule has 0 aliphatic heterocycles. The van der Waals surface area contributed by atoms with Crippen LogP contribution in [0, 0.1) is 0 Å². The van der Waals surface area contributed by atoms with Crippen LogP contribution in [0.15, 0.2) is 41.3 Å². The molecule has 0 radical (unpaired) electrons. The van der Waals surface area contributed by atoms with Crippen LogP contribution in [0.1, 0.15) is 23.4 Å². The number of hydrogen-bond donors (Lipinski definition) is 1. The van der Waals surface area contributed by atoms with Gasteiger partial charge in [0.1, 0.15) is 0 Å². The Morgan fingerprint density at radius 3 is 2.44 bits per heavy atom. The van der Waals surface area contributed by atoms with E-state index in [1.165, 1.54) is 15.3 Å². The molecule has 0 saturated carbocycles. The van der Waals surface area contributed by atoms with E-state index in [0.717, 1.165) is 10.1 Å². The Hall–Kier alpha value is -0.480. The Morgan fingerprint density at radius 1 is 1.22 bits per heavy atom. The molecule has 0 fully saturated rings. The summed E-state index contributed by atoms with van der Waals surface area (Å²) in [6.07, 6.45) is 0. The maximum absolute atomic E-state index is 6.00. The molecule has 1 N–H and O–H groups in total. The number of thioether (sulfide) groups is 1. The predicted molar refractivity (Wildman–Crippen MR) is 83.1 cm³/mol. The molecule has 4 heteroatoms. The van der Waals surface area contributed by atoms with Crippen molar-refractivity contribution < 1.29 is 0 Å². The minimum atomic E-state index is 0.225. The molecule has 1 unspecified atom stereocenters. The average Bonchev–Trinajstić information content (AvgIpc) is 2.79. The summed E-state index contributed by atoms with van der Waals surface area (Å²) in [5.74, 6) is 1.11. The van der Waals surface area contributed by atoms with Gasteiger partial charge in [-0.2, -0.15) is 0 Å². The smallest absolute Gasteiger partial charge is 0.0931 e. The molecule has 2 aromatic rings. The van der Waals surface area contributed by atoms with Crippen LogP contribution in [0.3, 0.4) is 0 Å². The van der Waals surface area contributed by atoms with E-state index in [0.29, 0.717) is 0 Å². The van der Waals surface area contributed by atoms with E-state index in [1.807, 2.05) is 24.9 Å². The Balaban J connectivity index is 2.22. The average molecular weight is 298 g/mol. The summed E-state index contributed by atoms with van der Waals surface area (Å²) in [6.45, 7) is 2.17. The number of thiophene rings is 1. The van der Waals surface area contributed by atoms with Crippen LogP contribution in [0.25, 0.3) is 0 Å². The fraction of sp³-hybridized carbons (Fsp3) is 0.286. The Morgan fingerprint density at radius 2 is 1.94 bits per heavy atom. The third kappa shape index (κ3) is 3.29. The Labute approximate surface area is 122 Å². The maximum atomic E-state index is 6.00. The number of rotatable bonds is 5. The van der Waals surface area contributed by atoms with E-state index in [9.17, 15) is 0 Å². The summed E-state index contributed by atoms with van der Waals surface area (Å²) >= 11 is 9.49. The first kappa shape index (κ1) is 13.9. The van der Waals surface area contributed by atoms with Gasteiger partial charge in [0, 0.05) is 9.77 Å². The SMILES string of the molecule is CCSc1ccc(C(NC)c2ccc(Cl)s2)cc1. The predicted octanol–water partition coefficient (Wildman–Crippen LogP) is 4.82. The van der Waals surface area contributed by atoms with Crippen LogP contribution in [0.4, 0.5) is 0 Å².